The fourth-order valence-electron chi connectivity index (χ4n) is 2.81. The van der Waals surface area contributed by atoms with E-state index in [1.165, 1.54) is 5.56 Å². The summed E-state index contributed by atoms with van der Waals surface area (Å²) in [5.41, 5.74) is 1.92. The van der Waals surface area contributed by atoms with Crippen molar-refractivity contribution in [2.24, 2.45) is 0 Å². The molecule has 1 heterocycles. The first kappa shape index (κ1) is 16.7. The van der Waals surface area contributed by atoms with Gasteiger partial charge in [0.2, 0.25) is 0 Å². The maximum Gasteiger partial charge on any atom is 0.253 e. The van der Waals surface area contributed by atoms with Crippen molar-refractivity contribution in [1.82, 2.24) is 9.80 Å². The van der Waals surface area contributed by atoms with E-state index in [-0.39, 0.29) is 5.91 Å². The van der Waals surface area contributed by atoms with Crippen LogP contribution < -0.4 is 0 Å². The molecule has 2 aromatic rings. The number of rotatable bonds is 4. The third kappa shape index (κ3) is 4.47. The first-order valence-corrected chi connectivity index (χ1v) is 8.59. The minimum atomic E-state index is 0.0890. The predicted molar refractivity (Wildman–Crippen MR) is 99.3 cm³/mol. The molecule has 0 atom stereocenters. The second kappa shape index (κ2) is 8.13. The second-order valence-electron chi connectivity index (χ2n) is 5.91. The lowest BCUT2D eigenvalue weighted by molar-refractivity contribution is 0.0650. The van der Waals surface area contributed by atoms with Crippen molar-refractivity contribution >= 4 is 23.6 Å². The van der Waals surface area contributed by atoms with E-state index in [9.17, 15) is 4.79 Å². The number of amides is 1. The first-order valence-electron chi connectivity index (χ1n) is 8.21. The van der Waals surface area contributed by atoms with Gasteiger partial charge in [0.05, 0.1) is 0 Å². The quantitative estimate of drug-likeness (QED) is 0.845. The summed E-state index contributed by atoms with van der Waals surface area (Å²) in [6, 6.07) is 17.4. The van der Waals surface area contributed by atoms with Crippen molar-refractivity contribution in [3.8, 4) is 0 Å². The lowest BCUT2D eigenvalue weighted by Gasteiger charge is -2.34. The number of hydrogen-bond donors (Lipinski definition) is 0. The van der Waals surface area contributed by atoms with Gasteiger partial charge in [-0.05, 0) is 29.8 Å². The molecule has 0 saturated carbocycles. The Kier molecular flexibility index (Phi) is 5.68. The van der Waals surface area contributed by atoms with Crippen LogP contribution in [0, 0.1) is 0 Å². The Morgan fingerprint density at radius 3 is 2.29 bits per heavy atom. The number of carbonyl (C=O) groups is 1. The van der Waals surface area contributed by atoms with E-state index in [2.05, 4.69) is 29.2 Å². The molecule has 1 aliphatic rings. The first-order chi connectivity index (χ1) is 11.7. The summed E-state index contributed by atoms with van der Waals surface area (Å²) < 4.78 is 0. The standard InChI is InChI=1S/C20H21ClN2O/c21-19-10-8-18(9-11-19)20(24)23-15-13-22(14-16-23)12-4-7-17-5-2-1-3-6-17/h1-11H,12-16H2/b7-4+. The molecule has 0 radical (unpaired) electrons. The zero-order valence-electron chi connectivity index (χ0n) is 13.6. The van der Waals surface area contributed by atoms with Gasteiger partial charge < -0.3 is 4.90 Å². The third-order valence-corrected chi connectivity index (χ3v) is 4.48. The molecular formula is C20H21ClN2O. The highest BCUT2D eigenvalue weighted by Gasteiger charge is 2.21. The molecule has 0 N–H and O–H groups in total. The Labute approximate surface area is 148 Å². The van der Waals surface area contributed by atoms with Crippen LogP contribution in [0.1, 0.15) is 15.9 Å². The lowest BCUT2D eigenvalue weighted by atomic mass is 10.2. The number of nitrogens with zero attached hydrogens (tertiary/aromatic N) is 2. The molecule has 124 valence electrons. The Balaban J connectivity index is 1.48. The zero-order valence-corrected chi connectivity index (χ0v) is 14.3. The second-order valence-corrected chi connectivity index (χ2v) is 6.35. The van der Waals surface area contributed by atoms with Gasteiger partial charge in [-0.3, -0.25) is 9.69 Å². The maximum absolute atomic E-state index is 12.5. The molecule has 3 nitrogen and oxygen atoms in total. The summed E-state index contributed by atoms with van der Waals surface area (Å²) in [6.45, 7) is 4.25. The molecule has 1 aliphatic heterocycles. The van der Waals surface area contributed by atoms with Crippen LogP contribution in [0.3, 0.4) is 0 Å². The Morgan fingerprint density at radius 1 is 0.958 bits per heavy atom. The summed E-state index contributed by atoms with van der Waals surface area (Å²) in [5.74, 6) is 0.0890. The van der Waals surface area contributed by atoms with Crippen LogP contribution in [0.5, 0.6) is 0 Å². The van der Waals surface area contributed by atoms with Crippen LogP contribution in [0.2, 0.25) is 5.02 Å². The van der Waals surface area contributed by atoms with Gasteiger partial charge in [-0.15, -0.1) is 0 Å². The van der Waals surface area contributed by atoms with Gasteiger partial charge in [0.25, 0.3) is 5.91 Å². The average Bonchev–Trinajstić information content (AvgIpc) is 2.63. The van der Waals surface area contributed by atoms with Crippen LogP contribution in [-0.2, 0) is 0 Å². The third-order valence-electron chi connectivity index (χ3n) is 4.22. The summed E-state index contributed by atoms with van der Waals surface area (Å²) in [4.78, 5) is 16.8. The van der Waals surface area contributed by atoms with Crippen LogP contribution in [0.25, 0.3) is 6.08 Å². The van der Waals surface area contributed by atoms with Gasteiger partial charge in [-0.1, -0.05) is 54.1 Å². The minimum absolute atomic E-state index is 0.0890. The van der Waals surface area contributed by atoms with Crippen molar-refractivity contribution < 1.29 is 4.79 Å². The van der Waals surface area contributed by atoms with Crippen LogP contribution in [0.15, 0.2) is 60.7 Å². The molecule has 0 aliphatic carbocycles. The SMILES string of the molecule is O=C(c1ccc(Cl)cc1)N1CCN(C/C=C/c2ccccc2)CC1. The topological polar surface area (TPSA) is 23.6 Å². The van der Waals surface area contributed by atoms with Crippen molar-refractivity contribution in [2.75, 3.05) is 32.7 Å². The van der Waals surface area contributed by atoms with Crippen LogP contribution in [0.4, 0.5) is 0 Å². The number of carbonyl (C=O) groups excluding carboxylic acids is 1. The van der Waals surface area contributed by atoms with E-state index in [1.807, 2.05) is 23.1 Å². The van der Waals surface area contributed by atoms with Gasteiger partial charge in [0.1, 0.15) is 0 Å². The van der Waals surface area contributed by atoms with Gasteiger partial charge in [0, 0.05) is 43.3 Å². The van der Waals surface area contributed by atoms with E-state index >= 15 is 0 Å². The molecule has 4 heteroatoms. The minimum Gasteiger partial charge on any atom is -0.336 e. The monoisotopic (exact) mass is 340 g/mol. The van der Waals surface area contributed by atoms with Crippen LogP contribution in [-0.4, -0.2) is 48.4 Å². The predicted octanol–water partition coefficient (Wildman–Crippen LogP) is 3.81. The van der Waals surface area contributed by atoms with E-state index in [4.69, 9.17) is 11.6 Å². The highest BCUT2D eigenvalue weighted by molar-refractivity contribution is 6.30. The Hall–Kier alpha value is -2.10. The fraction of sp³-hybridized carbons (Fsp3) is 0.250. The summed E-state index contributed by atoms with van der Waals surface area (Å²) in [6.07, 6.45) is 4.33. The molecule has 1 amide bonds. The summed E-state index contributed by atoms with van der Waals surface area (Å²) in [7, 11) is 0. The Bertz CT molecular complexity index is 689. The van der Waals surface area contributed by atoms with E-state index in [0.717, 1.165) is 32.7 Å². The molecule has 3 rings (SSSR count). The highest BCUT2D eigenvalue weighted by atomic mass is 35.5. The summed E-state index contributed by atoms with van der Waals surface area (Å²) >= 11 is 5.88. The smallest absolute Gasteiger partial charge is 0.253 e. The number of halogens is 1. The highest BCUT2D eigenvalue weighted by Crippen LogP contribution is 2.13. The molecule has 24 heavy (non-hydrogen) atoms. The van der Waals surface area contributed by atoms with E-state index in [0.29, 0.717) is 10.6 Å². The normalized spacial score (nSPS) is 15.8. The molecule has 1 fully saturated rings. The van der Waals surface area contributed by atoms with Crippen molar-refractivity contribution in [2.45, 2.75) is 0 Å². The largest absolute Gasteiger partial charge is 0.336 e. The number of piperazine rings is 1. The van der Waals surface area contributed by atoms with Crippen molar-refractivity contribution in [3.05, 3.63) is 76.8 Å². The number of hydrogen-bond acceptors (Lipinski definition) is 2. The Morgan fingerprint density at radius 2 is 1.62 bits per heavy atom. The molecule has 0 aromatic heterocycles. The maximum atomic E-state index is 12.5. The number of benzene rings is 2. The molecule has 0 spiro atoms. The van der Waals surface area contributed by atoms with Crippen LogP contribution >= 0.6 is 11.6 Å². The molecular weight excluding hydrogens is 320 g/mol. The van der Waals surface area contributed by atoms with Gasteiger partial charge in [-0.2, -0.15) is 0 Å². The van der Waals surface area contributed by atoms with Gasteiger partial charge in [-0.25, -0.2) is 0 Å². The van der Waals surface area contributed by atoms with Gasteiger partial charge >= 0.3 is 0 Å². The summed E-state index contributed by atoms with van der Waals surface area (Å²) in [5, 5.41) is 0.654. The molecule has 2 aromatic carbocycles. The molecule has 0 unspecified atom stereocenters. The van der Waals surface area contributed by atoms with Crippen molar-refractivity contribution in [3.63, 3.8) is 0 Å². The molecule has 0 bridgehead atoms. The van der Waals surface area contributed by atoms with E-state index in [1.54, 1.807) is 24.3 Å². The average molecular weight is 341 g/mol. The lowest BCUT2D eigenvalue weighted by Crippen LogP contribution is -2.48. The van der Waals surface area contributed by atoms with E-state index < -0.39 is 0 Å². The molecule has 1 saturated heterocycles. The zero-order chi connectivity index (χ0) is 16.8. The van der Waals surface area contributed by atoms with Crippen molar-refractivity contribution in [1.29, 1.82) is 0 Å². The fourth-order valence-corrected chi connectivity index (χ4v) is 2.94. The van der Waals surface area contributed by atoms with Gasteiger partial charge in [0.15, 0.2) is 0 Å².